The van der Waals surface area contributed by atoms with E-state index in [2.05, 4.69) is 18.1 Å². The van der Waals surface area contributed by atoms with Gasteiger partial charge >= 0.3 is 0 Å². The van der Waals surface area contributed by atoms with Crippen LogP contribution in [-0.4, -0.2) is 21.4 Å². The molecule has 0 N–H and O–H groups in total. The molecule has 0 fully saturated rings. The lowest BCUT2D eigenvalue weighted by atomic mass is 10.5. The first-order valence-corrected chi connectivity index (χ1v) is 5.80. The third-order valence-electron chi connectivity index (χ3n) is 1.01. The normalized spacial score (nSPS) is 9.22. The Bertz CT molecular complexity index is 108. The van der Waals surface area contributed by atoms with Gasteiger partial charge in [-0.25, -0.2) is 9.79 Å². The van der Waals surface area contributed by atoms with Gasteiger partial charge in [0.2, 0.25) is 6.08 Å². The Morgan fingerprint density at radius 2 is 2.22 bits per heavy atom. The SMILES string of the molecule is C[Si](C)CCCN=C=O. The summed E-state index contributed by atoms with van der Waals surface area (Å²) in [5.74, 6) is 0. The second-order valence-electron chi connectivity index (χ2n) is 2.28. The first-order chi connectivity index (χ1) is 4.27. The second-order valence-corrected chi connectivity index (χ2v) is 5.20. The van der Waals surface area contributed by atoms with Crippen molar-refractivity contribution in [3.63, 3.8) is 0 Å². The van der Waals surface area contributed by atoms with Crippen LogP contribution in [0.3, 0.4) is 0 Å². The van der Waals surface area contributed by atoms with Crippen LogP contribution >= 0.6 is 0 Å². The molecule has 0 aromatic heterocycles. The third kappa shape index (κ3) is 7.60. The number of isocyanates is 1. The molecule has 0 spiro atoms. The summed E-state index contributed by atoms with van der Waals surface area (Å²) in [6.45, 7) is 5.18. The number of aliphatic imine (C=N–C) groups is 1. The summed E-state index contributed by atoms with van der Waals surface area (Å²) in [6, 6.07) is 1.25. The van der Waals surface area contributed by atoms with Crippen molar-refractivity contribution in [2.24, 2.45) is 4.99 Å². The van der Waals surface area contributed by atoms with Gasteiger partial charge in [0, 0.05) is 8.80 Å². The fraction of sp³-hybridized carbons (Fsp3) is 0.833. The maximum Gasteiger partial charge on any atom is 0.234 e. The quantitative estimate of drug-likeness (QED) is 0.253. The van der Waals surface area contributed by atoms with Gasteiger partial charge in [0.15, 0.2) is 0 Å². The molecular weight excluding hydrogens is 130 g/mol. The first kappa shape index (κ1) is 8.60. The molecule has 0 aromatic rings. The number of nitrogens with zero attached hydrogens (tertiary/aromatic N) is 1. The Morgan fingerprint density at radius 1 is 1.56 bits per heavy atom. The number of hydrogen-bond donors (Lipinski definition) is 0. The van der Waals surface area contributed by atoms with Crippen LogP contribution in [0.4, 0.5) is 0 Å². The van der Waals surface area contributed by atoms with Crippen molar-refractivity contribution in [3.05, 3.63) is 0 Å². The molecule has 51 valence electrons. The van der Waals surface area contributed by atoms with Gasteiger partial charge in [-0.05, 0) is 6.42 Å². The van der Waals surface area contributed by atoms with E-state index in [1.165, 1.54) is 12.1 Å². The van der Waals surface area contributed by atoms with Crippen LogP contribution in [0, 0.1) is 0 Å². The Morgan fingerprint density at radius 3 is 2.67 bits per heavy atom. The molecule has 0 saturated carbocycles. The van der Waals surface area contributed by atoms with Crippen LogP contribution < -0.4 is 0 Å². The van der Waals surface area contributed by atoms with E-state index in [-0.39, 0.29) is 8.80 Å². The average Bonchev–Trinajstić information content (AvgIpc) is 1.80. The van der Waals surface area contributed by atoms with Crippen molar-refractivity contribution in [1.29, 1.82) is 0 Å². The summed E-state index contributed by atoms with van der Waals surface area (Å²) in [7, 11) is -0.105. The predicted molar refractivity (Wildman–Crippen MR) is 39.9 cm³/mol. The van der Waals surface area contributed by atoms with Gasteiger partial charge in [0.25, 0.3) is 0 Å². The monoisotopic (exact) mass is 142 g/mol. The Balaban J connectivity index is 3.00. The van der Waals surface area contributed by atoms with Crippen LogP contribution in [0.1, 0.15) is 6.42 Å². The minimum Gasteiger partial charge on any atom is -0.211 e. The lowest BCUT2D eigenvalue weighted by Gasteiger charge is -1.96. The molecule has 1 radical (unpaired) electrons. The van der Waals surface area contributed by atoms with E-state index < -0.39 is 0 Å². The van der Waals surface area contributed by atoms with Gasteiger partial charge < -0.3 is 0 Å². The summed E-state index contributed by atoms with van der Waals surface area (Å²) in [5.41, 5.74) is 0. The summed E-state index contributed by atoms with van der Waals surface area (Å²) < 4.78 is 0. The van der Waals surface area contributed by atoms with Crippen LogP contribution in [0.2, 0.25) is 19.1 Å². The molecule has 0 aliphatic heterocycles. The highest BCUT2D eigenvalue weighted by Gasteiger charge is 1.93. The summed E-state index contributed by atoms with van der Waals surface area (Å²) in [4.78, 5) is 13.0. The Kier molecular flexibility index (Phi) is 5.47. The zero-order chi connectivity index (χ0) is 7.11. The van der Waals surface area contributed by atoms with Crippen molar-refractivity contribution < 1.29 is 4.79 Å². The molecular formula is C6H12NOSi. The van der Waals surface area contributed by atoms with Gasteiger partial charge in [-0.15, -0.1) is 0 Å². The molecule has 0 amide bonds. The lowest BCUT2D eigenvalue weighted by molar-refractivity contribution is 0.562. The Labute approximate surface area is 57.6 Å². The highest BCUT2D eigenvalue weighted by atomic mass is 28.3. The summed E-state index contributed by atoms with van der Waals surface area (Å²) in [6.07, 6.45) is 2.58. The van der Waals surface area contributed by atoms with Gasteiger partial charge in [-0.3, -0.25) is 0 Å². The van der Waals surface area contributed by atoms with E-state index in [0.29, 0.717) is 6.54 Å². The molecule has 9 heavy (non-hydrogen) atoms. The van der Waals surface area contributed by atoms with Gasteiger partial charge in [0.05, 0.1) is 6.54 Å². The smallest absolute Gasteiger partial charge is 0.211 e. The minimum atomic E-state index is -0.105. The first-order valence-electron chi connectivity index (χ1n) is 3.10. The summed E-state index contributed by atoms with van der Waals surface area (Å²) >= 11 is 0. The van der Waals surface area contributed by atoms with E-state index in [1.54, 1.807) is 0 Å². The molecule has 0 aliphatic carbocycles. The second kappa shape index (κ2) is 5.73. The fourth-order valence-electron chi connectivity index (χ4n) is 0.557. The third-order valence-corrected chi connectivity index (χ3v) is 2.36. The van der Waals surface area contributed by atoms with E-state index in [1.807, 2.05) is 0 Å². The predicted octanol–water partition coefficient (Wildman–Crippen LogP) is 1.47. The highest BCUT2D eigenvalue weighted by Crippen LogP contribution is 1.95. The maximum absolute atomic E-state index is 9.57. The van der Waals surface area contributed by atoms with E-state index in [4.69, 9.17) is 0 Å². The highest BCUT2D eigenvalue weighted by molar-refractivity contribution is 6.55. The van der Waals surface area contributed by atoms with Crippen molar-refractivity contribution >= 4 is 14.9 Å². The van der Waals surface area contributed by atoms with E-state index in [9.17, 15) is 4.79 Å². The molecule has 0 aromatic carbocycles. The van der Waals surface area contributed by atoms with E-state index in [0.717, 1.165) is 6.42 Å². The topological polar surface area (TPSA) is 29.4 Å². The fourth-order valence-corrected chi connectivity index (χ4v) is 1.42. The molecule has 0 atom stereocenters. The summed E-state index contributed by atoms with van der Waals surface area (Å²) in [5, 5.41) is 0. The number of carbonyl (C=O) groups excluding carboxylic acids is 1. The molecule has 0 unspecified atom stereocenters. The van der Waals surface area contributed by atoms with Crippen molar-refractivity contribution in [1.82, 2.24) is 0 Å². The standard InChI is InChI=1S/C6H12NOSi/c1-9(2)5-3-4-7-6-8/h3-5H2,1-2H3. The zero-order valence-electron chi connectivity index (χ0n) is 5.98. The van der Waals surface area contributed by atoms with E-state index >= 15 is 0 Å². The number of rotatable bonds is 4. The average molecular weight is 142 g/mol. The molecule has 0 heterocycles. The number of hydrogen-bond acceptors (Lipinski definition) is 2. The molecule has 0 bridgehead atoms. The molecule has 2 nitrogen and oxygen atoms in total. The molecule has 0 rings (SSSR count). The van der Waals surface area contributed by atoms with Gasteiger partial charge in [-0.2, -0.15) is 0 Å². The Hall–Kier alpha value is -0.403. The molecule has 0 aliphatic rings. The lowest BCUT2D eigenvalue weighted by Crippen LogP contribution is -1.98. The van der Waals surface area contributed by atoms with Gasteiger partial charge in [0.1, 0.15) is 0 Å². The van der Waals surface area contributed by atoms with Crippen molar-refractivity contribution in [2.45, 2.75) is 25.6 Å². The van der Waals surface area contributed by atoms with Crippen LogP contribution in [0.25, 0.3) is 0 Å². The zero-order valence-corrected chi connectivity index (χ0v) is 6.98. The maximum atomic E-state index is 9.57. The molecule has 3 heteroatoms. The largest absolute Gasteiger partial charge is 0.234 e. The van der Waals surface area contributed by atoms with Crippen LogP contribution in [-0.2, 0) is 4.79 Å². The van der Waals surface area contributed by atoms with Crippen molar-refractivity contribution in [2.75, 3.05) is 6.54 Å². The van der Waals surface area contributed by atoms with Crippen molar-refractivity contribution in [3.8, 4) is 0 Å². The minimum absolute atomic E-state index is 0.105. The van der Waals surface area contributed by atoms with Crippen LogP contribution in [0.5, 0.6) is 0 Å². The molecule has 0 saturated heterocycles. The van der Waals surface area contributed by atoms with Gasteiger partial charge in [-0.1, -0.05) is 19.1 Å². The van der Waals surface area contributed by atoms with Crippen LogP contribution in [0.15, 0.2) is 4.99 Å².